The molecule has 0 unspecified atom stereocenters. The minimum atomic E-state index is -3.17. The van der Waals surface area contributed by atoms with E-state index in [2.05, 4.69) is 0 Å². The first kappa shape index (κ1) is 15.8. The predicted molar refractivity (Wildman–Crippen MR) is 85.4 cm³/mol. The lowest BCUT2D eigenvalue weighted by atomic mass is 9.94. The van der Waals surface area contributed by atoms with E-state index in [9.17, 15) is 13.2 Å². The number of halogens is 1. The Labute approximate surface area is 135 Å². The van der Waals surface area contributed by atoms with Gasteiger partial charge in [-0.25, -0.2) is 8.42 Å². The molecule has 120 valence electrons. The van der Waals surface area contributed by atoms with E-state index in [0.717, 1.165) is 18.4 Å². The molecule has 1 aromatic rings. The smallest absolute Gasteiger partial charge is 0.233 e. The second-order valence-electron chi connectivity index (χ2n) is 6.04. The second-order valence-corrected chi connectivity index (χ2v) is 8.46. The van der Waals surface area contributed by atoms with Crippen molar-refractivity contribution in [3.8, 4) is 0 Å². The SMILES string of the molecule is CS(=O)(=O)N1CCN(C(=O)C2(c3ccc(Cl)cc3)CC2)CC1. The predicted octanol–water partition coefficient (Wildman–Crippen LogP) is 1.48. The number of hydrogen-bond acceptors (Lipinski definition) is 3. The normalized spacial score (nSPS) is 21.6. The van der Waals surface area contributed by atoms with E-state index in [0.29, 0.717) is 31.2 Å². The largest absolute Gasteiger partial charge is 0.339 e. The fourth-order valence-corrected chi connectivity index (χ4v) is 4.00. The number of carbonyl (C=O) groups excluding carboxylic acids is 1. The first-order chi connectivity index (χ1) is 10.3. The van der Waals surface area contributed by atoms with Crippen molar-refractivity contribution < 1.29 is 13.2 Å². The van der Waals surface area contributed by atoms with Crippen molar-refractivity contribution >= 4 is 27.5 Å². The van der Waals surface area contributed by atoms with E-state index < -0.39 is 15.4 Å². The third kappa shape index (κ3) is 2.87. The van der Waals surface area contributed by atoms with Crippen molar-refractivity contribution in [3.05, 3.63) is 34.9 Å². The summed E-state index contributed by atoms with van der Waals surface area (Å²) in [4.78, 5) is 14.6. The van der Waals surface area contributed by atoms with E-state index in [-0.39, 0.29) is 5.91 Å². The molecular weight excluding hydrogens is 324 g/mol. The minimum absolute atomic E-state index is 0.114. The Morgan fingerprint density at radius 2 is 1.64 bits per heavy atom. The molecule has 2 fully saturated rings. The summed E-state index contributed by atoms with van der Waals surface area (Å²) in [6.45, 7) is 1.67. The van der Waals surface area contributed by atoms with Gasteiger partial charge in [-0.3, -0.25) is 4.79 Å². The molecule has 7 heteroatoms. The average Bonchev–Trinajstić information content (AvgIpc) is 3.28. The summed E-state index contributed by atoms with van der Waals surface area (Å²) in [5, 5.41) is 0.661. The van der Waals surface area contributed by atoms with Gasteiger partial charge in [0.25, 0.3) is 0 Å². The molecule has 1 aliphatic carbocycles. The van der Waals surface area contributed by atoms with Gasteiger partial charge in [-0.15, -0.1) is 0 Å². The van der Waals surface area contributed by atoms with E-state index in [1.807, 2.05) is 24.3 Å². The molecular formula is C15H19ClN2O3S. The van der Waals surface area contributed by atoms with Gasteiger partial charge < -0.3 is 4.90 Å². The number of benzene rings is 1. The summed E-state index contributed by atoms with van der Waals surface area (Å²) in [6, 6.07) is 7.46. The molecule has 0 spiro atoms. The molecule has 1 aromatic carbocycles. The summed E-state index contributed by atoms with van der Waals surface area (Å²) >= 11 is 5.91. The van der Waals surface area contributed by atoms with Crippen LogP contribution in [0.4, 0.5) is 0 Å². The number of piperazine rings is 1. The molecule has 0 radical (unpaired) electrons. The molecule has 1 heterocycles. The summed E-state index contributed by atoms with van der Waals surface area (Å²) in [7, 11) is -3.17. The zero-order chi connectivity index (χ0) is 16.0. The lowest BCUT2D eigenvalue weighted by molar-refractivity contribution is -0.135. The number of hydrogen-bond donors (Lipinski definition) is 0. The van der Waals surface area contributed by atoms with Crippen molar-refractivity contribution in [2.45, 2.75) is 18.3 Å². The lowest BCUT2D eigenvalue weighted by Gasteiger charge is -2.35. The van der Waals surface area contributed by atoms with Gasteiger partial charge in [0.1, 0.15) is 0 Å². The quantitative estimate of drug-likeness (QED) is 0.836. The Hall–Kier alpha value is -1.11. The van der Waals surface area contributed by atoms with Crippen molar-refractivity contribution in [2.24, 2.45) is 0 Å². The van der Waals surface area contributed by atoms with Crippen molar-refractivity contribution in [1.29, 1.82) is 0 Å². The summed E-state index contributed by atoms with van der Waals surface area (Å²) in [5.41, 5.74) is 0.588. The maximum Gasteiger partial charge on any atom is 0.233 e. The third-order valence-electron chi connectivity index (χ3n) is 4.55. The molecule has 1 aliphatic heterocycles. The highest BCUT2D eigenvalue weighted by atomic mass is 35.5. The number of carbonyl (C=O) groups is 1. The average molecular weight is 343 g/mol. The maximum atomic E-state index is 12.8. The Balaban J connectivity index is 1.71. The molecule has 3 rings (SSSR count). The van der Waals surface area contributed by atoms with Crippen LogP contribution < -0.4 is 0 Å². The number of nitrogens with zero attached hydrogens (tertiary/aromatic N) is 2. The van der Waals surface area contributed by atoms with E-state index in [4.69, 9.17) is 11.6 Å². The van der Waals surface area contributed by atoms with Gasteiger partial charge in [0.05, 0.1) is 11.7 Å². The zero-order valence-corrected chi connectivity index (χ0v) is 14.0. The van der Waals surface area contributed by atoms with Crippen LogP contribution in [0.2, 0.25) is 5.02 Å². The second kappa shape index (κ2) is 5.51. The van der Waals surface area contributed by atoms with Gasteiger partial charge in [-0.05, 0) is 30.5 Å². The molecule has 2 aliphatic rings. The molecule has 5 nitrogen and oxygen atoms in total. The number of sulfonamides is 1. The van der Waals surface area contributed by atoms with Gasteiger partial charge in [0.15, 0.2) is 0 Å². The Morgan fingerprint density at radius 3 is 2.09 bits per heavy atom. The molecule has 0 bridgehead atoms. The molecule has 0 aromatic heterocycles. The monoisotopic (exact) mass is 342 g/mol. The van der Waals surface area contributed by atoms with Crippen LogP contribution in [0.25, 0.3) is 0 Å². The van der Waals surface area contributed by atoms with Gasteiger partial charge in [0, 0.05) is 31.2 Å². The van der Waals surface area contributed by atoms with E-state index in [1.165, 1.54) is 10.6 Å². The van der Waals surface area contributed by atoms with Crippen molar-refractivity contribution in [2.75, 3.05) is 32.4 Å². The minimum Gasteiger partial charge on any atom is -0.339 e. The van der Waals surface area contributed by atoms with Gasteiger partial charge in [0.2, 0.25) is 15.9 Å². The van der Waals surface area contributed by atoms with Crippen LogP contribution in [0, 0.1) is 0 Å². The van der Waals surface area contributed by atoms with Gasteiger partial charge in [-0.1, -0.05) is 23.7 Å². The van der Waals surface area contributed by atoms with Crippen molar-refractivity contribution in [3.63, 3.8) is 0 Å². The maximum absolute atomic E-state index is 12.8. The summed E-state index contributed by atoms with van der Waals surface area (Å²) in [6.07, 6.45) is 2.90. The fraction of sp³-hybridized carbons (Fsp3) is 0.533. The van der Waals surface area contributed by atoms with Gasteiger partial charge in [-0.2, -0.15) is 4.31 Å². The Kier molecular flexibility index (Phi) is 3.95. The van der Waals surface area contributed by atoms with Crippen LogP contribution >= 0.6 is 11.6 Å². The lowest BCUT2D eigenvalue weighted by Crippen LogP contribution is -2.52. The van der Waals surface area contributed by atoms with E-state index >= 15 is 0 Å². The molecule has 1 amide bonds. The Morgan fingerprint density at radius 1 is 1.09 bits per heavy atom. The number of amides is 1. The molecule has 0 N–H and O–H groups in total. The van der Waals surface area contributed by atoms with Crippen LogP contribution in [0.15, 0.2) is 24.3 Å². The first-order valence-electron chi connectivity index (χ1n) is 7.33. The van der Waals surface area contributed by atoms with Gasteiger partial charge >= 0.3 is 0 Å². The first-order valence-corrected chi connectivity index (χ1v) is 9.56. The highest BCUT2D eigenvalue weighted by Crippen LogP contribution is 2.49. The van der Waals surface area contributed by atoms with Crippen LogP contribution in [0.5, 0.6) is 0 Å². The van der Waals surface area contributed by atoms with Crippen LogP contribution in [0.3, 0.4) is 0 Å². The topological polar surface area (TPSA) is 57.7 Å². The third-order valence-corrected chi connectivity index (χ3v) is 6.11. The van der Waals surface area contributed by atoms with Crippen LogP contribution in [0.1, 0.15) is 18.4 Å². The molecule has 22 heavy (non-hydrogen) atoms. The molecule has 0 atom stereocenters. The highest BCUT2D eigenvalue weighted by Gasteiger charge is 2.53. The van der Waals surface area contributed by atoms with Crippen molar-refractivity contribution in [1.82, 2.24) is 9.21 Å². The van der Waals surface area contributed by atoms with Crippen LogP contribution in [-0.2, 0) is 20.2 Å². The molecule has 1 saturated carbocycles. The number of rotatable bonds is 3. The van der Waals surface area contributed by atoms with E-state index in [1.54, 1.807) is 4.90 Å². The zero-order valence-electron chi connectivity index (χ0n) is 12.5. The highest BCUT2D eigenvalue weighted by molar-refractivity contribution is 7.88. The standard InChI is InChI=1S/C15H19ClN2O3S/c1-22(20,21)18-10-8-17(9-11-18)14(19)15(6-7-15)12-2-4-13(16)5-3-12/h2-5H,6-11H2,1H3. The Bertz CT molecular complexity index is 675. The van der Waals surface area contributed by atoms with Crippen LogP contribution in [-0.4, -0.2) is 56.0 Å². The fourth-order valence-electron chi connectivity index (χ4n) is 3.05. The summed E-state index contributed by atoms with van der Waals surface area (Å²) in [5.74, 6) is 0.114. The molecule has 1 saturated heterocycles. The summed E-state index contributed by atoms with van der Waals surface area (Å²) < 4.78 is 24.5.